The molecule has 1 aliphatic rings. The minimum Gasteiger partial charge on any atom is -0.349 e. The van der Waals surface area contributed by atoms with E-state index >= 15 is 0 Å². The molecule has 0 bridgehead atoms. The fourth-order valence-corrected chi connectivity index (χ4v) is 2.67. The molecule has 0 heterocycles. The van der Waals surface area contributed by atoms with E-state index in [1.807, 2.05) is 6.07 Å². The Balaban J connectivity index is 2.17. The van der Waals surface area contributed by atoms with E-state index in [4.69, 9.17) is 16.9 Å². The molecule has 1 saturated carbocycles. The maximum atomic E-state index is 13.7. The van der Waals surface area contributed by atoms with Gasteiger partial charge in [-0.3, -0.25) is 4.79 Å². The Labute approximate surface area is 128 Å². The Morgan fingerprint density at radius 2 is 2.10 bits per heavy atom. The highest BCUT2D eigenvalue weighted by Crippen LogP contribution is 2.22. The van der Waals surface area contributed by atoms with Crippen LogP contribution in [0.1, 0.15) is 37.7 Å². The number of amides is 1. The lowest BCUT2D eigenvalue weighted by Gasteiger charge is -2.22. The van der Waals surface area contributed by atoms with Crippen molar-refractivity contribution in [2.24, 2.45) is 0 Å². The number of nitrogens with one attached hydrogen (secondary N) is 1. The average molecular weight is 307 g/mol. The van der Waals surface area contributed by atoms with Crippen molar-refractivity contribution in [2.75, 3.05) is 0 Å². The molecular formula is C16H16ClFN2O. The van der Waals surface area contributed by atoms with E-state index < -0.39 is 11.7 Å². The number of hydrogen-bond donors (Lipinski definition) is 1. The van der Waals surface area contributed by atoms with E-state index in [-0.39, 0.29) is 22.2 Å². The summed E-state index contributed by atoms with van der Waals surface area (Å²) in [6.45, 7) is 0. The van der Waals surface area contributed by atoms with Crippen LogP contribution in [0.25, 0.3) is 6.08 Å². The van der Waals surface area contributed by atoms with Gasteiger partial charge in [-0.2, -0.15) is 5.26 Å². The van der Waals surface area contributed by atoms with Gasteiger partial charge in [0.05, 0.1) is 5.02 Å². The van der Waals surface area contributed by atoms with E-state index in [0.717, 1.165) is 25.7 Å². The molecule has 0 spiro atoms. The zero-order chi connectivity index (χ0) is 15.2. The van der Waals surface area contributed by atoms with Gasteiger partial charge in [0, 0.05) is 11.6 Å². The second-order valence-electron chi connectivity index (χ2n) is 5.11. The summed E-state index contributed by atoms with van der Waals surface area (Å²) in [5.41, 5.74) is -0.0675. The van der Waals surface area contributed by atoms with E-state index in [9.17, 15) is 9.18 Å². The molecule has 21 heavy (non-hydrogen) atoms. The molecule has 1 N–H and O–H groups in total. The first kappa shape index (κ1) is 15.5. The molecular weight excluding hydrogens is 291 g/mol. The fourth-order valence-electron chi connectivity index (χ4n) is 2.45. The van der Waals surface area contributed by atoms with Gasteiger partial charge < -0.3 is 5.32 Å². The molecule has 2 rings (SSSR count). The molecule has 0 aromatic heterocycles. The molecule has 1 aromatic rings. The summed E-state index contributed by atoms with van der Waals surface area (Å²) < 4.78 is 13.7. The largest absolute Gasteiger partial charge is 0.349 e. The van der Waals surface area contributed by atoms with Crippen molar-refractivity contribution in [3.05, 3.63) is 40.2 Å². The lowest BCUT2D eigenvalue weighted by atomic mass is 9.95. The van der Waals surface area contributed by atoms with Gasteiger partial charge in [0.2, 0.25) is 0 Å². The SMILES string of the molecule is N#C/C(=C\c1c(F)cccc1Cl)C(=O)NC1CCCCC1. The highest BCUT2D eigenvalue weighted by Gasteiger charge is 2.18. The van der Waals surface area contributed by atoms with Gasteiger partial charge in [-0.05, 0) is 31.1 Å². The molecule has 0 aliphatic heterocycles. The lowest BCUT2D eigenvalue weighted by molar-refractivity contribution is -0.117. The smallest absolute Gasteiger partial charge is 0.262 e. The number of benzene rings is 1. The van der Waals surface area contributed by atoms with Crippen LogP contribution in [0.2, 0.25) is 5.02 Å². The van der Waals surface area contributed by atoms with Crippen molar-refractivity contribution < 1.29 is 9.18 Å². The number of carbonyl (C=O) groups excluding carboxylic acids is 1. The zero-order valence-electron chi connectivity index (χ0n) is 11.5. The standard InChI is InChI=1S/C16H16ClFN2O/c17-14-7-4-8-15(18)13(14)9-11(10-19)16(21)20-12-5-2-1-3-6-12/h4,7-9,12H,1-3,5-6H2,(H,20,21)/b11-9+. The van der Waals surface area contributed by atoms with Crippen LogP contribution in [-0.4, -0.2) is 11.9 Å². The van der Waals surface area contributed by atoms with Gasteiger partial charge in [-0.1, -0.05) is 36.9 Å². The predicted molar refractivity (Wildman–Crippen MR) is 80.0 cm³/mol. The summed E-state index contributed by atoms with van der Waals surface area (Å²) in [7, 11) is 0. The van der Waals surface area contributed by atoms with Crippen molar-refractivity contribution >= 4 is 23.6 Å². The van der Waals surface area contributed by atoms with E-state index in [1.54, 1.807) is 0 Å². The van der Waals surface area contributed by atoms with Gasteiger partial charge in [0.1, 0.15) is 17.5 Å². The molecule has 1 fully saturated rings. The predicted octanol–water partition coefficient (Wildman–Crippen LogP) is 3.83. The molecule has 1 aromatic carbocycles. The first-order chi connectivity index (χ1) is 10.1. The molecule has 0 radical (unpaired) electrons. The van der Waals surface area contributed by atoms with E-state index in [0.29, 0.717) is 0 Å². The number of hydrogen-bond acceptors (Lipinski definition) is 2. The molecule has 0 saturated heterocycles. The molecule has 3 nitrogen and oxygen atoms in total. The number of nitrogens with zero attached hydrogens (tertiary/aromatic N) is 1. The Kier molecular flexibility index (Phi) is 5.35. The molecule has 1 amide bonds. The summed E-state index contributed by atoms with van der Waals surface area (Å²) in [6, 6.07) is 6.15. The third-order valence-corrected chi connectivity index (χ3v) is 3.92. The summed E-state index contributed by atoms with van der Waals surface area (Å²) >= 11 is 5.90. The Morgan fingerprint density at radius 1 is 1.38 bits per heavy atom. The summed E-state index contributed by atoms with van der Waals surface area (Å²) in [4.78, 5) is 12.1. The Hall–Kier alpha value is -1.86. The van der Waals surface area contributed by atoms with Crippen LogP contribution in [0.3, 0.4) is 0 Å². The van der Waals surface area contributed by atoms with Crippen molar-refractivity contribution in [1.82, 2.24) is 5.32 Å². The molecule has 5 heteroatoms. The average Bonchev–Trinajstić information content (AvgIpc) is 2.48. The number of halogens is 2. The van der Waals surface area contributed by atoms with Gasteiger partial charge in [-0.15, -0.1) is 0 Å². The summed E-state index contributed by atoms with van der Waals surface area (Å²) in [6.07, 6.45) is 6.38. The maximum Gasteiger partial charge on any atom is 0.262 e. The second-order valence-corrected chi connectivity index (χ2v) is 5.52. The van der Waals surface area contributed by atoms with Crippen LogP contribution in [-0.2, 0) is 4.79 Å². The number of nitriles is 1. The minimum absolute atomic E-state index is 0.0644. The summed E-state index contributed by atoms with van der Waals surface area (Å²) in [5.74, 6) is -1.02. The molecule has 0 unspecified atom stereocenters. The number of carbonyl (C=O) groups is 1. The van der Waals surface area contributed by atoms with Gasteiger partial charge in [0.25, 0.3) is 5.91 Å². The summed E-state index contributed by atoms with van der Waals surface area (Å²) in [5, 5.41) is 12.1. The first-order valence-electron chi connectivity index (χ1n) is 6.98. The molecule has 110 valence electrons. The third-order valence-electron chi connectivity index (χ3n) is 3.59. The van der Waals surface area contributed by atoms with Gasteiger partial charge >= 0.3 is 0 Å². The van der Waals surface area contributed by atoms with Crippen molar-refractivity contribution in [3.63, 3.8) is 0 Å². The normalized spacial score (nSPS) is 16.3. The van der Waals surface area contributed by atoms with E-state index in [1.165, 1.54) is 30.7 Å². The first-order valence-corrected chi connectivity index (χ1v) is 7.36. The monoisotopic (exact) mass is 306 g/mol. The maximum absolute atomic E-state index is 13.7. The lowest BCUT2D eigenvalue weighted by Crippen LogP contribution is -2.36. The van der Waals surface area contributed by atoms with Crippen LogP contribution in [0.5, 0.6) is 0 Å². The minimum atomic E-state index is -0.555. The van der Waals surface area contributed by atoms with Gasteiger partial charge in [0.15, 0.2) is 0 Å². The quantitative estimate of drug-likeness (QED) is 0.681. The van der Waals surface area contributed by atoms with Crippen molar-refractivity contribution in [1.29, 1.82) is 5.26 Å². The number of rotatable bonds is 3. The zero-order valence-corrected chi connectivity index (χ0v) is 12.3. The van der Waals surface area contributed by atoms with Crippen LogP contribution < -0.4 is 5.32 Å². The van der Waals surface area contributed by atoms with Gasteiger partial charge in [-0.25, -0.2) is 4.39 Å². The highest BCUT2D eigenvalue weighted by atomic mass is 35.5. The second kappa shape index (κ2) is 7.24. The molecule has 1 aliphatic carbocycles. The van der Waals surface area contributed by atoms with Crippen LogP contribution in [0.15, 0.2) is 23.8 Å². The Bertz CT molecular complexity index is 581. The van der Waals surface area contributed by atoms with Crippen molar-refractivity contribution in [2.45, 2.75) is 38.1 Å². The highest BCUT2D eigenvalue weighted by molar-refractivity contribution is 6.32. The fraction of sp³-hybridized carbons (Fsp3) is 0.375. The Morgan fingerprint density at radius 3 is 2.71 bits per heavy atom. The van der Waals surface area contributed by atoms with Crippen LogP contribution in [0.4, 0.5) is 4.39 Å². The topological polar surface area (TPSA) is 52.9 Å². The third kappa shape index (κ3) is 4.05. The molecule has 0 atom stereocenters. The van der Waals surface area contributed by atoms with E-state index in [2.05, 4.69) is 5.32 Å². The van der Waals surface area contributed by atoms with Crippen LogP contribution >= 0.6 is 11.6 Å². The van der Waals surface area contributed by atoms with Crippen molar-refractivity contribution in [3.8, 4) is 6.07 Å². The van der Waals surface area contributed by atoms with Crippen LogP contribution in [0, 0.1) is 17.1 Å².